The van der Waals surface area contributed by atoms with Crippen molar-refractivity contribution in [1.82, 2.24) is 10.2 Å². The lowest BCUT2D eigenvalue weighted by molar-refractivity contribution is 0.151. The summed E-state index contributed by atoms with van der Waals surface area (Å²) in [6, 6.07) is 6.18. The third kappa shape index (κ3) is 3.94. The van der Waals surface area contributed by atoms with Crippen LogP contribution in [-0.4, -0.2) is 36.2 Å². The van der Waals surface area contributed by atoms with Crippen molar-refractivity contribution in [2.24, 2.45) is 5.92 Å². The Hall–Kier alpha value is -0.580. The number of rotatable bonds is 4. The zero-order chi connectivity index (χ0) is 13.8. The Morgan fingerprint density at radius 3 is 2.58 bits per heavy atom. The van der Waals surface area contributed by atoms with Crippen LogP contribution in [0.2, 0.25) is 0 Å². The van der Waals surface area contributed by atoms with Crippen molar-refractivity contribution in [2.45, 2.75) is 26.3 Å². The van der Waals surface area contributed by atoms with Crippen LogP contribution in [0, 0.1) is 5.92 Å². The van der Waals surface area contributed by atoms with Gasteiger partial charge in [0.25, 0.3) is 0 Å². The molecule has 0 aromatic heterocycles. The quantitative estimate of drug-likeness (QED) is 0.892. The number of halogens is 1. The van der Waals surface area contributed by atoms with Crippen LogP contribution in [0.3, 0.4) is 0 Å². The highest BCUT2D eigenvalue weighted by Crippen LogP contribution is 2.35. The van der Waals surface area contributed by atoms with E-state index in [2.05, 4.69) is 46.1 Å². The second-order valence-corrected chi connectivity index (χ2v) is 6.55. The Kier molecular flexibility index (Phi) is 5.25. The molecule has 1 aliphatic heterocycles. The summed E-state index contributed by atoms with van der Waals surface area (Å²) in [5.74, 6) is 1.02. The Bertz CT molecular complexity index is 417. The first kappa shape index (κ1) is 14.8. The monoisotopic (exact) mass is 326 g/mol. The fraction of sp³-hybridized carbons (Fsp3) is 0.600. The Balaban J connectivity index is 2.25. The van der Waals surface area contributed by atoms with Gasteiger partial charge in [-0.1, -0.05) is 35.8 Å². The Morgan fingerprint density at radius 1 is 1.32 bits per heavy atom. The molecule has 0 radical (unpaired) electrons. The number of hydrogen-bond acceptors (Lipinski definition) is 3. The van der Waals surface area contributed by atoms with Gasteiger partial charge in [-0.05, 0) is 24.5 Å². The summed E-state index contributed by atoms with van der Waals surface area (Å²) >= 11 is 3.41. The molecule has 4 heteroatoms. The molecule has 3 nitrogen and oxygen atoms in total. The van der Waals surface area contributed by atoms with E-state index in [0.717, 1.165) is 42.6 Å². The summed E-state index contributed by atoms with van der Waals surface area (Å²) in [5.41, 5.74) is 1.05. The fourth-order valence-electron chi connectivity index (χ4n) is 2.71. The first-order valence-corrected chi connectivity index (χ1v) is 7.80. The number of nitrogens with one attached hydrogen (secondary N) is 1. The summed E-state index contributed by atoms with van der Waals surface area (Å²) in [6.07, 6.45) is 1.08. The van der Waals surface area contributed by atoms with Crippen molar-refractivity contribution in [3.63, 3.8) is 0 Å². The van der Waals surface area contributed by atoms with Gasteiger partial charge >= 0.3 is 0 Å². The van der Waals surface area contributed by atoms with E-state index in [1.165, 1.54) is 0 Å². The van der Waals surface area contributed by atoms with Gasteiger partial charge in [-0.2, -0.15) is 0 Å². The number of hydrogen-bond donors (Lipinski definition) is 2. The van der Waals surface area contributed by atoms with Crippen LogP contribution in [0.15, 0.2) is 22.7 Å². The SMILES string of the molecule is CC(C)C[C@H](c1ccc(Br)cc1O)N1CCNCC1. The van der Waals surface area contributed by atoms with Gasteiger partial charge in [0.1, 0.15) is 5.75 Å². The number of benzene rings is 1. The summed E-state index contributed by atoms with van der Waals surface area (Å²) in [4.78, 5) is 2.49. The van der Waals surface area contributed by atoms with Crippen molar-refractivity contribution in [3.05, 3.63) is 28.2 Å². The van der Waals surface area contributed by atoms with Crippen LogP contribution >= 0.6 is 15.9 Å². The normalized spacial score (nSPS) is 18.7. The van der Waals surface area contributed by atoms with Gasteiger partial charge in [0.05, 0.1) is 0 Å². The first-order chi connectivity index (χ1) is 9.08. The van der Waals surface area contributed by atoms with Crippen molar-refractivity contribution in [1.29, 1.82) is 0 Å². The van der Waals surface area contributed by atoms with E-state index in [4.69, 9.17) is 0 Å². The zero-order valence-electron chi connectivity index (χ0n) is 11.7. The average molecular weight is 327 g/mol. The van der Waals surface area contributed by atoms with Gasteiger partial charge in [-0.15, -0.1) is 0 Å². The standard InChI is InChI=1S/C15H23BrN2O/c1-11(2)9-14(18-7-5-17-6-8-18)13-4-3-12(16)10-15(13)19/h3-4,10-11,14,17,19H,5-9H2,1-2H3/t14-/m1/s1. The molecule has 0 amide bonds. The predicted octanol–water partition coefficient (Wildman–Crippen LogP) is 3.15. The lowest BCUT2D eigenvalue weighted by Crippen LogP contribution is -2.45. The van der Waals surface area contributed by atoms with Gasteiger partial charge in [0.2, 0.25) is 0 Å². The molecule has 0 bridgehead atoms. The molecule has 1 aromatic rings. The van der Waals surface area contributed by atoms with Crippen molar-refractivity contribution in [3.8, 4) is 5.75 Å². The maximum Gasteiger partial charge on any atom is 0.121 e. The number of nitrogens with zero attached hydrogens (tertiary/aromatic N) is 1. The lowest BCUT2D eigenvalue weighted by atomic mass is 9.94. The molecular formula is C15H23BrN2O. The minimum absolute atomic E-state index is 0.315. The molecule has 1 aromatic carbocycles. The van der Waals surface area contributed by atoms with E-state index in [0.29, 0.717) is 17.7 Å². The Labute approximate surface area is 124 Å². The lowest BCUT2D eigenvalue weighted by Gasteiger charge is -2.36. The van der Waals surface area contributed by atoms with Crippen LogP contribution in [0.5, 0.6) is 5.75 Å². The first-order valence-electron chi connectivity index (χ1n) is 7.01. The van der Waals surface area contributed by atoms with Gasteiger partial charge in [-0.3, -0.25) is 4.90 Å². The second kappa shape index (κ2) is 6.73. The topological polar surface area (TPSA) is 35.5 Å². The molecule has 2 N–H and O–H groups in total. The fourth-order valence-corrected chi connectivity index (χ4v) is 3.06. The number of aromatic hydroxyl groups is 1. The molecule has 1 saturated heterocycles. The summed E-state index contributed by atoms with van der Waals surface area (Å²) in [7, 11) is 0. The van der Waals surface area contributed by atoms with Gasteiger partial charge in [0.15, 0.2) is 0 Å². The smallest absolute Gasteiger partial charge is 0.121 e. The maximum absolute atomic E-state index is 10.2. The zero-order valence-corrected chi connectivity index (χ0v) is 13.3. The summed E-state index contributed by atoms with van der Waals surface area (Å²) in [6.45, 7) is 8.65. The number of phenolic OH excluding ortho intramolecular Hbond substituents is 1. The van der Waals surface area contributed by atoms with E-state index in [1.54, 1.807) is 6.07 Å². The van der Waals surface area contributed by atoms with E-state index >= 15 is 0 Å². The molecule has 106 valence electrons. The molecule has 2 rings (SSSR count). The largest absolute Gasteiger partial charge is 0.508 e. The summed E-state index contributed by atoms with van der Waals surface area (Å²) in [5, 5.41) is 13.6. The van der Waals surface area contributed by atoms with Gasteiger partial charge in [0, 0.05) is 42.3 Å². The highest BCUT2D eigenvalue weighted by Gasteiger charge is 2.25. The molecule has 19 heavy (non-hydrogen) atoms. The molecular weight excluding hydrogens is 304 g/mol. The molecule has 0 saturated carbocycles. The molecule has 1 atom stereocenters. The van der Waals surface area contributed by atoms with Gasteiger partial charge < -0.3 is 10.4 Å². The van der Waals surface area contributed by atoms with Crippen molar-refractivity contribution < 1.29 is 5.11 Å². The van der Waals surface area contributed by atoms with E-state index in [-0.39, 0.29) is 0 Å². The van der Waals surface area contributed by atoms with Crippen LogP contribution in [0.4, 0.5) is 0 Å². The second-order valence-electron chi connectivity index (χ2n) is 5.63. The molecule has 1 aliphatic rings. The predicted molar refractivity (Wildman–Crippen MR) is 82.4 cm³/mol. The van der Waals surface area contributed by atoms with Crippen molar-refractivity contribution in [2.75, 3.05) is 26.2 Å². The van der Waals surface area contributed by atoms with E-state index < -0.39 is 0 Å². The van der Waals surface area contributed by atoms with Crippen molar-refractivity contribution >= 4 is 15.9 Å². The van der Waals surface area contributed by atoms with Crippen LogP contribution < -0.4 is 5.32 Å². The third-order valence-electron chi connectivity index (χ3n) is 3.64. The molecule has 1 heterocycles. The highest BCUT2D eigenvalue weighted by molar-refractivity contribution is 9.10. The summed E-state index contributed by atoms with van der Waals surface area (Å²) < 4.78 is 0.928. The number of phenols is 1. The third-order valence-corrected chi connectivity index (χ3v) is 4.13. The highest BCUT2D eigenvalue weighted by atomic mass is 79.9. The Morgan fingerprint density at radius 2 is 2.00 bits per heavy atom. The number of piperazine rings is 1. The molecule has 0 aliphatic carbocycles. The van der Waals surface area contributed by atoms with Crippen LogP contribution in [0.25, 0.3) is 0 Å². The average Bonchev–Trinajstić information content (AvgIpc) is 2.37. The van der Waals surface area contributed by atoms with E-state index in [9.17, 15) is 5.11 Å². The van der Waals surface area contributed by atoms with Gasteiger partial charge in [-0.25, -0.2) is 0 Å². The van der Waals surface area contributed by atoms with Crippen LogP contribution in [0.1, 0.15) is 31.9 Å². The van der Waals surface area contributed by atoms with Crippen LogP contribution in [-0.2, 0) is 0 Å². The minimum Gasteiger partial charge on any atom is -0.508 e. The molecule has 0 spiro atoms. The van der Waals surface area contributed by atoms with E-state index in [1.807, 2.05) is 6.07 Å². The minimum atomic E-state index is 0.315. The molecule has 0 unspecified atom stereocenters. The molecule has 1 fully saturated rings. The maximum atomic E-state index is 10.2.